The van der Waals surface area contributed by atoms with Crippen LogP contribution < -0.4 is 10.2 Å². The largest absolute Gasteiger partial charge is 0.370 e. The van der Waals surface area contributed by atoms with Crippen LogP contribution in [0.3, 0.4) is 0 Å². The Morgan fingerprint density at radius 3 is 2.77 bits per heavy atom. The maximum absolute atomic E-state index is 12.8. The van der Waals surface area contributed by atoms with Crippen molar-refractivity contribution < 1.29 is 4.79 Å². The van der Waals surface area contributed by atoms with Crippen LogP contribution in [0.4, 0.5) is 11.4 Å². The van der Waals surface area contributed by atoms with Crippen LogP contribution >= 0.6 is 11.8 Å². The summed E-state index contributed by atoms with van der Waals surface area (Å²) in [5, 5.41) is 13.7. The Bertz CT molecular complexity index is 1130. The van der Waals surface area contributed by atoms with Crippen molar-refractivity contribution in [3.63, 3.8) is 0 Å². The van der Waals surface area contributed by atoms with Crippen molar-refractivity contribution in [2.24, 2.45) is 5.92 Å². The molecule has 5 nitrogen and oxygen atoms in total. The molecule has 0 bridgehead atoms. The average Bonchev–Trinajstić information content (AvgIpc) is 2.78. The van der Waals surface area contributed by atoms with E-state index in [0.717, 1.165) is 58.7 Å². The number of aryl methyl sites for hydroxylation is 1. The molecule has 1 aliphatic heterocycles. The number of amides is 1. The van der Waals surface area contributed by atoms with Gasteiger partial charge in [0, 0.05) is 41.2 Å². The summed E-state index contributed by atoms with van der Waals surface area (Å²) in [6, 6.07) is 16.4. The molecule has 0 radical (unpaired) electrons. The average molecular weight is 417 g/mol. The number of aromatic nitrogens is 1. The standard InChI is InChI=1S/C24H24N4OS/c1-16-6-7-22-21(12-16)23(18(14-25)15-26-22)28-10-8-17(9-11-28)24(29)27-19-4-3-5-20(13-19)30-2/h3-7,12-13,15,17H,8-11H2,1-2H3,(H,27,29). The fourth-order valence-electron chi connectivity index (χ4n) is 4.03. The molecule has 0 saturated carbocycles. The summed E-state index contributed by atoms with van der Waals surface area (Å²) in [4.78, 5) is 20.6. The van der Waals surface area contributed by atoms with Gasteiger partial charge in [-0.25, -0.2) is 0 Å². The van der Waals surface area contributed by atoms with Crippen LogP contribution in [0.2, 0.25) is 0 Å². The second-order valence-corrected chi connectivity index (χ2v) is 8.52. The summed E-state index contributed by atoms with van der Waals surface area (Å²) < 4.78 is 0. The molecule has 1 aliphatic rings. The monoisotopic (exact) mass is 416 g/mol. The number of fused-ring (bicyclic) bond motifs is 1. The summed E-state index contributed by atoms with van der Waals surface area (Å²) in [7, 11) is 0. The smallest absolute Gasteiger partial charge is 0.227 e. The molecule has 6 heteroatoms. The SMILES string of the molecule is CSc1cccc(NC(=O)C2CCN(c3c(C#N)cnc4ccc(C)cc34)CC2)c1. The predicted octanol–water partition coefficient (Wildman–Crippen LogP) is 4.99. The number of carbonyl (C=O) groups is 1. The molecule has 2 aromatic carbocycles. The maximum atomic E-state index is 12.8. The first-order chi connectivity index (χ1) is 14.6. The Hall–Kier alpha value is -3.04. The van der Waals surface area contributed by atoms with Crippen LogP contribution in [0, 0.1) is 24.2 Å². The fraction of sp³-hybridized carbons (Fsp3) is 0.292. The maximum Gasteiger partial charge on any atom is 0.227 e. The Morgan fingerprint density at radius 2 is 2.03 bits per heavy atom. The van der Waals surface area contributed by atoms with Gasteiger partial charge in [0.2, 0.25) is 5.91 Å². The van der Waals surface area contributed by atoms with Crippen molar-refractivity contribution in [1.29, 1.82) is 5.26 Å². The lowest BCUT2D eigenvalue weighted by Gasteiger charge is -2.34. The molecule has 4 rings (SSSR count). The van der Waals surface area contributed by atoms with Gasteiger partial charge in [0.05, 0.1) is 16.8 Å². The van der Waals surface area contributed by atoms with E-state index in [4.69, 9.17) is 0 Å². The lowest BCUT2D eigenvalue weighted by Crippen LogP contribution is -2.38. The highest BCUT2D eigenvalue weighted by Crippen LogP contribution is 2.33. The van der Waals surface area contributed by atoms with E-state index in [0.29, 0.717) is 5.56 Å². The molecule has 0 spiro atoms. The molecule has 2 heterocycles. The minimum Gasteiger partial charge on any atom is -0.370 e. The Labute approximate surface area is 181 Å². The molecule has 0 atom stereocenters. The molecule has 1 fully saturated rings. The van der Waals surface area contributed by atoms with Crippen molar-refractivity contribution in [2.75, 3.05) is 29.6 Å². The van der Waals surface area contributed by atoms with Gasteiger partial charge in [-0.05, 0) is 56.4 Å². The number of benzene rings is 2. The third-order valence-electron chi connectivity index (χ3n) is 5.63. The van der Waals surface area contributed by atoms with E-state index < -0.39 is 0 Å². The zero-order valence-electron chi connectivity index (χ0n) is 17.2. The van der Waals surface area contributed by atoms with E-state index in [9.17, 15) is 10.1 Å². The van der Waals surface area contributed by atoms with Gasteiger partial charge in [-0.3, -0.25) is 9.78 Å². The van der Waals surface area contributed by atoms with E-state index in [1.165, 1.54) is 0 Å². The first-order valence-corrected chi connectivity index (χ1v) is 11.3. The number of pyridine rings is 1. The Balaban J connectivity index is 1.50. The quantitative estimate of drug-likeness (QED) is 0.607. The van der Waals surface area contributed by atoms with Crippen molar-refractivity contribution >= 4 is 39.9 Å². The highest BCUT2D eigenvalue weighted by atomic mass is 32.2. The third-order valence-corrected chi connectivity index (χ3v) is 6.36. The van der Waals surface area contributed by atoms with E-state index in [-0.39, 0.29) is 11.8 Å². The molecule has 30 heavy (non-hydrogen) atoms. The topological polar surface area (TPSA) is 69.0 Å². The number of nitrogens with one attached hydrogen (secondary N) is 1. The summed E-state index contributed by atoms with van der Waals surface area (Å²) in [6.07, 6.45) is 5.20. The van der Waals surface area contributed by atoms with Gasteiger partial charge in [-0.2, -0.15) is 5.26 Å². The summed E-state index contributed by atoms with van der Waals surface area (Å²) >= 11 is 1.66. The Kier molecular flexibility index (Phi) is 5.91. The fourth-order valence-corrected chi connectivity index (χ4v) is 4.48. The first-order valence-electron chi connectivity index (χ1n) is 10.1. The van der Waals surface area contributed by atoms with Gasteiger partial charge in [0.15, 0.2) is 0 Å². The molecule has 1 aromatic heterocycles. The number of carbonyl (C=O) groups excluding carboxylic acids is 1. The van der Waals surface area contributed by atoms with E-state index in [1.807, 2.05) is 49.6 Å². The van der Waals surface area contributed by atoms with E-state index in [2.05, 4.69) is 27.3 Å². The number of nitriles is 1. The molecular formula is C24H24N4OS. The van der Waals surface area contributed by atoms with Gasteiger partial charge >= 0.3 is 0 Å². The number of piperidine rings is 1. The number of rotatable bonds is 4. The summed E-state index contributed by atoms with van der Waals surface area (Å²) in [5.41, 5.74) is 4.41. The highest BCUT2D eigenvalue weighted by Gasteiger charge is 2.27. The molecular weight excluding hydrogens is 392 g/mol. The Morgan fingerprint density at radius 1 is 1.23 bits per heavy atom. The molecule has 3 aromatic rings. The summed E-state index contributed by atoms with van der Waals surface area (Å²) in [6.45, 7) is 3.53. The molecule has 0 unspecified atom stereocenters. The second kappa shape index (κ2) is 8.76. The van der Waals surface area contributed by atoms with Gasteiger partial charge < -0.3 is 10.2 Å². The normalized spacial score (nSPS) is 14.5. The first kappa shape index (κ1) is 20.2. The minimum absolute atomic E-state index is 0.0282. The van der Waals surface area contributed by atoms with Crippen LogP contribution in [-0.2, 0) is 4.79 Å². The number of hydrogen-bond donors (Lipinski definition) is 1. The van der Waals surface area contributed by atoms with Gasteiger partial charge in [0.1, 0.15) is 6.07 Å². The number of anilines is 2. The van der Waals surface area contributed by atoms with Crippen molar-refractivity contribution in [3.8, 4) is 6.07 Å². The van der Waals surface area contributed by atoms with E-state index >= 15 is 0 Å². The molecule has 152 valence electrons. The lowest BCUT2D eigenvalue weighted by atomic mass is 9.94. The van der Waals surface area contributed by atoms with Gasteiger partial charge in [-0.15, -0.1) is 11.8 Å². The van der Waals surface area contributed by atoms with Crippen LogP contribution in [0.5, 0.6) is 0 Å². The van der Waals surface area contributed by atoms with Crippen LogP contribution in [0.1, 0.15) is 24.0 Å². The van der Waals surface area contributed by atoms with Crippen LogP contribution in [0.25, 0.3) is 10.9 Å². The van der Waals surface area contributed by atoms with Gasteiger partial charge in [-0.1, -0.05) is 17.7 Å². The van der Waals surface area contributed by atoms with Crippen LogP contribution in [-0.4, -0.2) is 30.2 Å². The van der Waals surface area contributed by atoms with Crippen LogP contribution in [0.15, 0.2) is 53.6 Å². The third kappa shape index (κ3) is 4.12. The van der Waals surface area contributed by atoms with Crippen molar-refractivity contribution in [3.05, 3.63) is 59.8 Å². The summed E-state index contributed by atoms with van der Waals surface area (Å²) in [5.74, 6) is 0.0448. The zero-order chi connectivity index (χ0) is 21.1. The highest BCUT2D eigenvalue weighted by molar-refractivity contribution is 7.98. The number of thioether (sulfide) groups is 1. The molecule has 1 saturated heterocycles. The lowest BCUT2D eigenvalue weighted by molar-refractivity contribution is -0.120. The number of nitrogens with zero attached hydrogens (tertiary/aromatic N) is 3. The van der Waals surface area contributed by atoms with Gasteiger partial charge in [0.25, 0.3) is 0 Å². The van der Waals surface area contributed by atoms with Crippen molar-refractivity contribution in [1.82, 2.24) is 4.98 Å². The number of hydrogen-bond acceptors (Lipinski definition) is 5. The van der Waals surface area contributed by atoms with Crippen molar-refractivity contribution in [2.45, 2.75) is 24.7 Å². The zero-order valence-corrected chi connectivity index (χ0v) is 18.0. The van der Waals surface area contributed by atoms with E-state index in [1.54, 1.807) is 18.0 Å². The molecule has 1 N–H and O–H groups in total. The molecule has 0 aliphatic carbocycles. The second-order valence-electron chi connectivity index (χ2n) is 7.64. The predicted molar refractivity (Wildman–Crippen MR) is 123 cm³/mol. The minimum atomic E-state index is -0.0282. The molecule has 1 amide bonds.